The van der Waals surface area contributed by atoms with Crippen LogP contribution in [-0.2, 0) is 0 Å². The first-order chi connectivity index (χ1) is 8.69. The topological polar surface area (TPSA) is 33.0 Å². The van der Waals surface area contributed by atoms with Gasteiger partial charge in [0.2, 0.25) is 0 Å². The Morgan fingerprint density at radius 3 is 2.78 bits per heavy atom. The van der Waals surface area contributed by atoms with Crippen molar-refractivity contribution in [1.82, 2.24) is 0 Å². The molecule has 0 saturated carbocycles. The molecular formula is C14H8BrFNO. The normalized spacial score (nSPS) is 9.83. The first-order valence-corrected chi connectivity index (χ1v) is 5.94. The Bertz CT molecular complexity index is 607. The minimum absolute atomic E-state index is 0.0945. The van der Waals surface area contributed by atoms with Gasteiger partial charge in [0.05, 0.1) is 12.5 Å². The number of halogens is 2. The van der Waals surface area contributed by atoms with E-state index in [0.29, 0.717) is 11.3 Å². The molecule has 2 nitrogen and oxygen atoms in total. The number of rotatable bonds is 3. The Kier molecular flexibility index (Phi) is 3.96. The first-order valence-electron chi connectivity index (χ1n) is 5.15. The van der Waals surface area contributed by atoms with Crippen LogP contribution in [0.15, 0.2) is 46.9 Å². The Labute approximate surface area is 113 Å². The standard InChI is InChI=1S/C14H8BrFNO/c15-11-2-1-3-12(9-11)18-14-8-10(6-7-17)4-5-13(14)16/h1-6,8-9H. The van der Waals surface area contributed by atoms with Crippen LogP contribution in [0.1, 0.15) is 5.56 Å². The van der Waals surface area contributed by atoms with Gasteiger partial charge in [-0.2, -0.15) is 5.26 Å². The van der Waals surface area contributed by atoms with Gasteiger partial charge in [0.25, 0.3) is 0 Å². The maximum absolute atomic E-state index is 13.6. The molecule has 0 aromatic heterocycles. The van der Waals surface area contributed by atoms with Gasteiger partial charge in [-0.25, -0.2) is 4.39 Å². The number of hydrogen-bond donors (Lipinski definition) is 0. The van der Waals surface area contributed by atoms with Crippen LogP contribution in [0.3, 0.4) is 0 Å². The molecule has 0 unspecified atom stereocenters. The molecule has 2 aromatic carbocycles. The molecule has 0 aliphatic rings. The fourth-order valence-corrected chi connectivity index (χ4v) is 1.80. The predicted molar refractivity (Wildman–Crippen MR) is 69.6 cm³/mol. The molecule has 2 rings (SSSR count). The molecule has 0 heterocycles. The van der Waals surface area contributed by atoms with Crippen molar-refractivity contribution in [2.24, 2.45) is 0 Å². The van der Waals surface area contributed by atoms with Crippen LogP contribution >= 0.6 is 15.9 Å². The Morgan fingerprint density at radius 2 is 2.06 bits per heavy atom. The third-order valence-corrected chi connectivity index (χ3v) is 2.70. The molecule has 0 aliphatic heterocycles. The lowest BCUT2D eigenvalue weighted by atomic mass is 10.1. The third-order valence-electron chi connectivity index (χ3n) is 2.21. The highest BCUT2D eigenvalue weighted by atomic mass is 79.9. The van der Waals surface area contributed by atoms with Crippen LogP contribution < -0.4 is 4.74 Å². The van der Waals surface area contributed by atoms with Crippen LogP contribution in [0.4, 0.5) is 4.39 Å². The molecular weight excluding hydrogens is 297 g/mol. The van der Waals surface area contributed by atoms with Gasteiger partial charge in [0.1, 0.15) is 5.75 Å². The molecule has 4 heteroatoms. The molecule has 0 atom stereocenters. The highest BCUT2D eigenvalue weighted by molar-refractivity contribution is 9.10. The molecule has 0 bridgehead atoms. The first kappa shape index (κ1) is 12.6. The summed E-state index contributed by atoms with van der Waals surface area (Å²) in [6.45, 7) is 0. The van der Waals surface area contributed by atoms with Crippen molar-refractivity contribution >= 4 is 15.9 Å². The summed E-state index contributed by atoms with van der Waals surface area (Å²) in [4.78, 5) is 0. The van der Waals surface area contributed by atoms with Crippen LogP contribution in [0, 0.1) is 23.6 Å². The maximum Gasteiger partial charge on any atom is 0.165 e. The molecule has 18 heavy (non-hydrogen) atoms. The number of ether oxygens (including phenoxy) is 1. The van der Waals surface area contributed by atoms with Gasteiger partial charge in [-0.1, -0.05) is 28.1 Å². The van der Waals surface area contributed by atoms with Crippen molar-refractivity contribution in [2.75, 3.05) is 0 Å². The van der Waals surface area contributed by atoms with Gasteiger partial charge in [-0.05, 0) is 35.9 Å². The van der Waals surface area contributed by atoms with E-state index in [1.807, 2.05) is 12.1 Å². The fraction of sp³-hybridized carbons (Fsp3) is 0. The predicted octanol–water partition coefficient (Wildman–Crippen LogP) is 4.46. The van der Waals surface area contributed by atoms with Crippen LogP contribution in [0.2, 0.25) is 0 Å². The molecule has 0 amide bonds. The van der Waals surface area contributed by atoms with E-state index in [-0.39, 0.29) is 5.75 Å². The van der Waals surface area contributed by atoms with E-state index in [0.717, 1.165) is 4.47 Å². The summed E-state index contributed by atoms with van der Waals surface area (Å²) in [5.74, 6) is 0.152. The van der Waals surface area contributed by atoms with Gasteiger partial charge in [0.15, 0.2) is 11.6 Å². The lowest BCUT2D eigenvalue weighted by Crippen LogP contribution is -1.90. The van der Waals surface area contributed by atoms with Gasteiger partial charge >= 0.3 is 0 Å². The molecule has 0 spiro atoms. The second-order valence-electron chi connectivity index (χ2n) is 3.52. The van der Waals surface area contributed by atoms with E-state index in [4.69, 9.17) is 10.00 Å². The third kappa shape index (κ3) is 3.08. The number of nitriles is 1. The number of benzene rings is 2. The number of nitrogens with zero attached hydrogens (tertiary/aromatic N) is 1. The lowest BCUT2D eigenvalue weighted by molar-refractivity contribution is 0.442. The van der Waals surface area contributed by atoms with Crippen molar-refractivity contribution in [1.29, 1.82) is 5.26 Å². The molecule has 0 aliphatic carbocycles. The monoisotopic (exact) mass is 304 g/mol. The van der Waals surface area contributed by atoms with E-state index < -0.39 is 5.82 Å². The highest BCUT2D eigenvalue weighted by Gasteiger charge is 2.06. The SMILES string of the molecule is N#C[CH]c1ccc(F)c(Oc2cccc(Br)c2)c1. The lowest BCUT2D eigenvalue weighted by Gasteiger charge is -2.08. The fourth-order valence-electron chi connectivity index (χ4n) is 1.42. The zero-order chi connectivity index (χ0) is 13.0. The zero-order valence-corrected chi connectivity index (χ0v) is 10.8. The van der Waals surface area contributed by atoms with Crippen molar-refractivity contribution in [3.8, 4) is 17.6 Å². The van der Waals surface area contributed by atoms with E-state index in [1.54, 1.807) is 18.2 Å². The van der Waals surface area contributed by atoms with E-state index >= 15 is 0 Å². The second-order valence-corrected chi connectivity index (χ2v) is 4.44. The van der Waals surface area contributed by atoms with Crippen molar-refractivity contribution in [3.05, 3.63) is 64.7 Å². The van der Waals surface area contributed by atoms with Gasteiger partial charge < -0.3 is 4.74 Å². The minimum Gasteiger partial charge on any atom is -0.454 e. The molecule has 0 saturated heterocycles. The smallest absolute Gasteiger partial charge is 0.165 e. The van der Waals surface area contributed by atoms with E-state index in [1.165, 1.54) is 24.6 Å². The summed E-state index contributed by atoms with van der Waals surface area (Å²) >= 11 is 3.31. The van der Waals surface area contributed by atoms with Crippen LogP contribution in [0.25, 0.3) is 0 Å². The Hall–Kier alpha value is -1.86. The van der Waals surface area contributed by atoms with Gasteiger partial charge in [-0.3, -0.25) is 0 Å². The highest BCUT2D eigenvalue weighted by Crippen LogP contribution is 2.27. The van der Waals surface area contributed by atoms with Crippen LogP contribution in [0.5, 0.6) is 11.5 Å². The van der Waals surface area contributed by atoms with E-state index in [9.17, 15) is 4.39 Å². The van der Waals surface area contributed by atoms with Crippen LogP contribution in [-0.4, -0.2) is 0 Å². The largest absolute Gasteiger partial charge is 0.454 e. The summed E-state index contributed by atoms with van der Waals surface area (Å²) in [5.41, 5.74) is 0.601. The maximum atomic E-state index is 13.6. The Morgan fingerprint density at radius 1 is 1.22 bits per heavy atom. The summed E-state index contributed by atoms with van der Waals surface area (Å²) in [6, 6.07) is 13.3. The number of hydrogen-bond acceptors (Lipinski definition) is 2. The zero-order valence-electron chi connectivity index (χ0n) is 9.23. The average Bonchev–Trinajstić information content (AvgIpc) is 2.34. The molecule has 0 fully saturated rings. The summed E-state index contributed by atoms with van der Waals surface area (Å²) in [7, 11) is 0. The van der Waals surface area contributed by atoms with E-state index in [2.05, 4.69) is 15.9 Å². The average molecular weight is 305 g/mol. The summed E-state index contributed by atoms with van der Waals surface area (Å²) in [5, 5.41) is 8.56. The molecule has 89 valence electrons. The minimum atomic E-state index is -0.468. The van der Waals surface area contributed by atoms with Gasteiger partial charge in [0, 0.05) is 4.47 Å². The molecule has 0 N–H and O–H groups in total. The van der Waals surface area contributed by atoms with Gasteiger partial charge in [-0.15, -0.1) is 0 Å². The molecule has 1 radical (unpaired) electrons. The van der Waals surface area contributed by atoms with Crippen molar-refractivity contribution in [2.45, 2.75) is 0 Å². The van der Waals surface area contributed by atoms with Crippen molar-refractivity contribution < 1.29 is 9.13 Å². The summed E-state index contributed by atoms with van der Waals surface area (Å²) < 4.78 is 19.9. The Balaban J connectivity index is 2.28. The quantitative estimate of drug-likeness (QED) is 0.839. The molecule has 2 aromatic rings. The van der Waals surface area contributed by atoms with Crippen molar-refractivity contribution in [3.63, 3.8) is 0 Å². The second kappa shape index (κ2) is 5.65. The summed E-state index contributed by atoms with van der Waals surface area (Å²) in [6.07, 6.45) is 1.33.